The minimum Gasteiger partial charge on any atom is -0.314 e. The van der Waals surface area contributed by atoms with Gasteiger partial charge in [-0.1, -0.05) is 13.8 Å². The van der Waals surface area contributed by atoms with Crippen molar-refractivity contribution in [3.05, 3.63) is 0 Å². The summed E-state index contributed by atoms with van der Waals surface area (Å²) in [6.45, 7) is 8.67. The fourth-order valence-electron chi connectivity index (χ4n) is 3.27. The van der Waals surface area contributed by atoms with Gasteiger partial charge < -0.3 is 10.2 Å². The predicted molar refractivity (Wildman–Crippen MR) is 65.0 cm³/mol. The second-order valence-corrected chi connectivity index (χ2v) is 5.88. The Balaban J connectivity index is 1.94. The van der Waals surface area contributed by atoms with Crippen LogP contribution in [0.3, 0.4) is 0 Å². The summed E-state index contributed by atoms with van der Waals surface area (Å²) in [4.78, 5) is 2.51. The predicted octanol–water partition coefficient (Wildman–Crippen LogP) is 1.96. The quantitative estimate of drug-likeness (QED) is 0.712. The number of hydrogen-bond donors (Lipinski definition) is 1. The number of likely N-dealkylation sites (tertiary alicyclic amines) is 1. The van der Waals surface area contributed by atoms with Crippen molar-refractivity contribution in [1.82, 2.24) is 10.2 Å². The molecule has 0 aromatic carbocycles. The highest BCUT2D eigenvalue weighted by atomic mass is 15.1. The average molecular weight is 210 g/mol. The van der Waals surface area contributed by atoms with Crippen molar-refractivity contribution in [1.29, 1.82) is 0 Å². The van der Waals surface area contributed by atoms with Gasteiger partial charge in [0.15, 0.2) is 0 Å². The van der Waals surface area contributed by atoms with Gasteiger partial charge in [0.2, 0.25) is 0 Å². The molecular weight excluding hydrogens is 184 g/mol. The molecule has 0 amide bonds. The normalized spacial score (nSPS) is 44.2. The first-order valence-electron chi connectivity index (χ1n) is 6.58. The molecule has 15 heavy (non-hydrogen) atoms. The molecular formula is C13H26N2. The van der Waals surface area contributed by atoms with Gasteiger partial charge in [0.1, 0.15) is 0 Å². The molecule has 0 radical (unpaired) electrons. The molecule has 0 saturated carbocycles. The third-order valence-electron chi connectivity index (χ3n) is 4.44. The number of rotatable bonds is 1. The van der Waals surface area contributed by atoms with Crippen molar-refractivity contribution in [3.8, 4) is 0 Å². The Morgan fingerprint density at radius 3 is 2.73 bits per heavy atom. The van der Waals surface area contributed by atoms with Crippen LogP contribution in [-0.2, 0) is 0 Å². The topological polar surface area (TPSA) is 15.3 Å². The number of piperidine rings is 2. The lowest BCUT2D eigenvalue weighted by Crippen LogP contribution is -2.51. The van der Waals surface area contributed by atoms with Crippen LogP contribution >= 0.6 is 0 Å². The highest BCUT2D eigenvalue weighted by molar-refractivity contribution is 4.89. The Labute approximate surface area is 94.4 Å². The third kappa shape index (κ3) is 2.73. The van der Waals surface area contributed by atoms with Crippen molar-refractivity contribution >= 4 is 0 Å². The second kappa shape index (κ2) is 4.84. The van der Waals surface area contributed by atoms with Crippen molar-refractivity contribution in [3.63, 3.8) is 0 Å². The maximum Gasteiger partial charge on any atom is 0.0113 e. The monoisotopic (exact) mass is 210 g/mol. The van der Waals surface area contributed by atoms with E-state index in [9.17, 15) is 0 Å². The minimum absolute atomic E-state index is 0.784. The zero-order valence-corrected chi connectivity index (χ0v) is 10.5. The van der Waals surface area contributed by atoms with Crippen LogP contribution < -0.4 is 5.32 Å². The average Bonchev–Trinajstić information content (AvgIpc) is 2.22. The maximum atomic E-state index is 3.74. The number of nitrogens with zero attached hydrogens (tertiary/aromatic N) is 1. The molecule has 2 aliphatic heterocycles. The first kappa shape index (κ1) is 11.4. The molecule has 88 valence electrons. The van der Waals surface area contributed by atoms with Gasteiger partial charge in [0.25, 0.3) is 0 Å². The summed E-state index contributed by atoms with van der Waals surface area (Å²) >= 11 is 0. The van der Waals surface area contributed by atoms with Gasteiger partial charge >= 0.3 is 0 Å². The molecule has 2 aliphatic rings. The molecule has 2 nitrogen and oxygen atoms in total. The molecule has 0 aromatic heterocycles. The molecule has 0 aromatic rings. The van der Waals surface area contributed by atoms with E-state index in [-0.39, 0.29) is 0 Å². The van der Waals surface area contributed by atoms with E-state index in [1.807, 2.05) is 0 Å². The molecule has 0 aliphatic carbocycles. The Morgan fingerprint density at radius 2 is 2.00 bits per heavy atom. The van der Waals surface area contributed by atoms with E-state index in [4.69, 9.17) is 0 Å². The smallest absolute Gasteiger partial charge is 0.0113 e. The van der Waals surface area contributed by atoms with Crippen molar-refractivity contribution in [2.45, 2.75) is 39.2 Å². The summed E-state index contributed by atoms with van der Waals surface area (Å²) in [5.74, 6) is 2.71. The lowest BCUT2D eigenvalue weighted by atomic mass is 9.77. The van der Waals surface area contributed by atoms with Gasteiger partial charge in [-0.2, -0.15) is 0 Å². The first-order chi connectivity index (χ1) is 7.16. The van der Waals surface area contributed by atoms with Crippen molar-refractivity contribution in [2.75, 3.05) is 26.7 Å². The number of nitrogens with one attached hydrogen (secondary N) is 1. The van der Waals surface area contributed by atoms with Crippen molar-refractivity contribution in [2.24, 2.45) is 17.8 Å². The molecule has 0 spiro atoms. The molecule has 2 heteroatoms. The molecule has 2 fully saturated rings. The van der Waals surface area contributed by atoms with Crippen LogP contribution in [0.15, 0.2) is 0 Å². The van der Waals surface area contributed by atoms with E-state index in [1.54, 1.807) is 0 Å². The first-order valence-corrected chi connectivity index (χ1v) is 6.58. The Hall–Kier alpha value is -0.0800. The molecule has 4 atom stereocenters. The minimum atomic E-state index is 0.784. The highest BCUT2D eigenvalue weighted by Gasteiger charge is 2.33. The van der Waals surface area contributed by atoms with Crippen LogP contribution in [0.1, 0.15) is 33.1 Å². The van der Waals surface area contributed by atoms with E-state index in [0.717, 1.165) is 23.8 Å². The van der Waals surface area contributed by atoms with Gasteiger partial charge in [0.05, 0.1) is 0 Å². The van der Waals surface area contributed by atoms with Gasteiger partial charge in [0, 0.05) is 12.6 Å². The van der Waals surface area contributed by atoms with E-state index >= 15 is 0 Å². The Morgan fingerprint density at radius 1 is 1.20 bits per heavy atom. The lowest BCUT2D eigenvalue weighted by Gasteiger charge is -2.42. The molecule has 2 rings (SSSR count). The van der Waals surface area contributed by atoms with Crippen molar-refractivity contribution < 1.29 is 0 Å². The van der Waals surface area contributed by atoms with E-state index < -0.39 is 0 Å². The fraction of sp³-hybridized carbons (Fsp3) is 1.00. The van der Waals surface area contributed by atoms with Gasteiger partial charge in [-0.15, -0.1) is 0 Å². The zero-order chi connectivity index (χ0) is 10.8. The zero-order valence-electron chi connectivity index (χ0n) is 10.5. The summed E-state index contributed by atoms with van der Waals surface area (Å²) in [6.07, 6.45) is 4.14. The summed E-state index contributed by atoms with van der Waals surface area (Å²) in [5.41, 5.74) is 0. The molecule has 1 N–H and O–H groups in total. The summed E-state index contributed by atoms with van der Waals surface area (Å²) in [6, 6.07) is 0.784. The summed E-state index contributed by atoms with van der Waals surface area (Å²) in [5, 5.41) is 3.74. The lowest BCUT2D eigenvalue weighted by molar-refractivity contribution is 0.0998. The van der Waals surface area contributed by atoms with Gasteiger partial charge in [-0.25, -0.2) is 0 Å². The Bertz CT molecular complexity index is 205. The number of hydrogen-bond acceptors (Lipinski definition) is 2. The fourth-order valence-corrected chi connectivity index (χ4v) is 3.27. The molecule has 2 saturated heterocycles. The summed E-state index contributed by atoms with van der Waals surface area (Å²) in [7, 11) is 2.27. The van der Waals surface area contributed by atoms with Crippen LogP contribution in [0.4, 0.5) is 0 Å². The third-order valence-corrected chi connectivity index (χ3v) is 4.44. The maximum absolute atomic E-state index is 3.74. The molecule has 0 bridgehead atoms. The van der Waals surface area contributed by atoms with E-state index in [2.05, 4.69) is 31.1 Å². The van der Waals surface area contributed by atoms with Crippen LogP contribution in [0.5, 0.6) is 0 Å². The SMILES string of the molecule is C[C@H]1CCNC(C2CN(C)CC[C@H]2C)C1. The molecule has 2 heterocycles. The van der Waals surface area contributed by atoms with Crippen LogP contribution in [0.2, 0.25) is 0 Å². The van der Waals surface area contributed by atoms with Crippen LogP contribution in [0.25, 0.3) is 0 Å². The summed E-state index contributed by atoms with van der Waals surface area (Å²) < 4.78 is 0. The Kier molecular flexibility index (Phi) is 3.68. The van der Waals surface area contributed by atoms with E-state index in [0.29, 0.717) is 0 Å². The van der Waals surface area contributed by atoms with Gasteiger partial charge in [-0.3, -0.25) is 0 Å². The standard InChI is InChI=1S/C13H26N2/c1-10-4-6-14-13(8-10)12-9-15(3)7-5-11(12)2/h10-14H,4-9H2,1-3H3/t10-,11+,12?,13?/m0/s1. The highest BCUT2D eigenvalue weighted by Crippen LogP contribution is 2.30. The molecule has 2 unspecified atom stereocenters. The largest absolute Gasteiger partial charge is 0.314 e. The van der Waals surface area contributed by atoms with Gasteiger partial charge in [-0.05, 0) is 57.2 Å². The van der Waals surface area contributed by atoms with E-state index in [1.165, 1.54) is 38.9 Å². The van der Waals surface area contributed by atoms with Crippen LogP contribution in [-0.4, -0.2) is 37.6 Å². The van der Waals surface area contributed by atoms with Crippen LogP contribution in [0, 0.1) is 17.8 Å². The second-order valence-electron chi connectivity index (χ2n) is 5.88.